The summed E-state index contributed by atoms with van der Waals surface area (Å²) < 4.78 is 1.72. The van der Waals surface area contributed by atoms with Crippen molar-refractivity contribution in [3.63, 3.8) is 0 Å². The van der Waals surface area contributed by atoms with Crippen LogP contribution in [-0.2, 0) is 11.2 Å². The van der Waals surface area contributed by atoms with Crippen molar-refractivity contribution in [2.45, 2.75) is 26.3 Å². The Bertz CT molecular complexity index is 1070. The number of carbonyl (C=O) groups excluding carboxylic acids is 1. The second kappa shape index (κ2) is 6.96. The van der Waals surface area contributed by atoms with Gasteiger partial charge in [0.15, 0.2) is 6.04 Å². The van der Waals surface area contributed by atoms with Crippen molar-refractivity contribution in [2.75, 3.05) is 6.54 Å². The molecule has 0 spiro atoms. The number of benzene rings is 2. The number of carboxylic acids is 1. The Morgan fingerprint density at radius 2 is 1.89 bits per heavy atom. The van der Waals surface area contributed by atoms with E-state index in [4.69, 9.17) is 0 Å². The smallest absolute Gasteiger partial charge is 0.331 e. The topological polar surface area (TPSA) is 75.4 Å². The first-order valence-corrected chi connectivity index (χ1v) is 9.20. The maximum absolute atomic E-state index is 13.3. The summed E-state index contributed by atoms with van der Waals surface area (Å²) in [5.74, 6) is -1.33. The fraction of sp³-hybridized carbons (Fsp3) is 0.227. The van der Waals surface area contributed by atoms with Crippen molar-refractivity contribution in [2.24, 2.45) is 0 Å². The fourth-order valence-corrected chi connectivity index (χ4v) is 3.85. The lowest BCUT2D eigenvalue weighted by atomic mass is 9.92. The molecule has 28 heavy (non-hydrogen) atoms. The molecule has 0 saturated carbocycles. The number of hydrogen-bond acceptors (Lipinski definition) is 3. The van der Waals surface area contributed by atoms with E-state index in [2.05, 4.69) is 5.10 Å². The van der Waals surface area contributed by atoms with Gasteiger partial charge in [-0.1, -0.05) is 36.4 Å². The van der Waals surface area contributed by atoms with Crippen molar-refractivity contribution in [1.82, 2.24) is 14.7 Å². The van der Waals surface area contributed by atoms with E-state index in [0.717, 1.165) is 16.8 Å². The van der Waals surface area contributed by atoms with E-state index in [-0.39, 0.29) is 5.91 Å². The Morgan fingerprint density at radius 1 is 1.11 bits per heavy atom. The molecule has 142 valence electrons. The minimum Gasteiger partial charge on any atom is -0.479 e. The normalized spacial score (nSPS) is 15.9. The third-order valence-electron chi connectivity index (χ3n) is 5.26. The van der Waals surface area contributed by atoms with Crippen molar-refractivity contribution in [3.8, 4) is 5.69 Å². The molecule has 0 aliphatic carbocycles. The largest absolute Gasteiger partial charge is 0.479 e. The van der Waals surface area contributed by atoms with Gasteiger partial charge in [0.05, 0.1) is 23.1 Å². The van der Waals surface area contributed by atoms with Crippen LogP contribution in [0.5, 0.6) is 0 Å². The van der Waals surface area contributed by atoms with E-state index in [9.17, 15) is 14.7 Å². The Labute approximate surface area is 163 Å². The number of hydrogen-bond donors (Lipinski definition) is 1. The predicted molar refractivity (Wildman–Crippen MR) is 105 cm³/mol. The van der Waals surface area contributed by atoms with Crippen LogP contribution in [0.25, 0.3) is 5.69 Å². The highest BCUT2D eigenvalue weighted by molar-refractivity contribution is 5.98. The maximum Gasteiger partial charge on any atom is 0.331 e. The second-order valence-electron chi connectivity index (χ2n) is 7.08. The van der Waals surface area contributed by atoms with Gasteiger partial charge in [0.1, 0.15) is 0 Å². The summed E-state index contributed by atoms with van der Waals surface area (Å²) in [7, 11) is 0. The summed E-state index contributed by atoms with van der Waals surface area (Å²) in [4.78, 5) is 26.7. The number of rotatable bonds is 3. The van der Waals surface area contributed by atoms with Gasteiger partial charge in [-0.15, -0.1) is 0 Å². The van der Waals surface area contributed by atoms with Crippen LogP contribution in [0.2, 0.25) is 0 Å². The third kappa shape index (κ3) is 2.97. The molecule has 1 atom stereocenters. The summed E-state index contributed by atoms with van der Waals surface area (Å²) >= 11 is 0. The van der Waals surface area contributed by atoms with Gasteiger partial charge < -0.3 is 10.0 Å². The van der Waals surface area contributed by atoms with Crippen molar-refractivity contribution >= 4 is 11.9 Å². The summed E-state index contributed by atoms with van der Waals surface area (Å²) in [5, 5.41) is 14.2. The molecule has 0 fully saturated rings. The van der Waals surface area contributed by atoms with E-state index in [0.29, 0.717) is 29.8 Å². The zero-order valence-corrected chi connectivity index (χ0v) is 15.8. The van der Waals surface area contributed by atoms with Crippen LogP contribution in [0.1, 0.15) is 38.8 Å². The highest BCUT2D eigenvalue weighted by atomic mass is 16.4. The molecule has 1 amide bonds. The number of nitrogens with zero attached hydrogens (tertiary/aromatic N) is 3. The Kier molecular flexibility index (Phi) is 4.47. The van der Waals surface area contributed by atoms with Crippen LogP contribution in [0.3, 0.4) is 0 Å². The van der Waals surface area contributed by atoms with Crippen molar-refractivity contribution < 1.29 is 14.7 Å². The van der Waals surface area contributed by atoms with Crippen molar-refractivity contribution in [3.05, 3.63) is 82.7 Å². The van der Waals surface area contributed by atoms with Gasteiger partial charge in [-0.2, -0.15) is 5.10 Å². The third-order valence-corrected chi connectivity index (χ3v) is 5.26. The summed E-state index contributed by atoms with van der Waals surface area (Å²) in [6.07, 6.45) is 2.16. The number of carbonyl (C=O) groups is 2. The number of carboxylic acid groups (broad SMARTS) is 1. The van der Waals surface area contributed by atoms with Gasteiger partial charge >= 0.3 is 5.97 Å². The lowest BCUT2D eigenvalue weighted by Gasteiger charge is -2.34. The van der Waals surface area contributed by atoms with Gasteiger partial charge in [-0.25, -0.2) is 9.48 Å². The average Bonchev–Trinajstić information content (AvgIpc) is 3.07. The monoisotopic (exact) mass is 375 g/mol. The van der Waals surface area contributed by atoms with Crippen LogP contribution in [0.4, 0.5) is 0 Å². The van der Waals surface area contributed by atoms with Gasteiger partial charge in [0.25, 0.3) is 5.91 Å². The zero-order valence-electron chi connectivity index (χ0n) is 15.8. The molecule has 2 heterocycles. The molecule has 6 heteroatoms. The van der Waals surface area contributed by atoms with Gasteiger partial charge in [0, 0.05) is 6.54 Å². The first-order chi connectivity index (χ1) is 13.5. The van der Waals surface area contributed by atoms with Gasteiger partial charge in [-0.3, -0.25) is 4.79 Å². The molecule has 3 aromatic rings. The molecule has 1 unspecified atom stereocenters. The van der Waals surface area contributed by atoms with E-state index >= 15 is 0 Å². The van der Waals surface area contributed by atoms with E-state index in [1.165, 1.54) is 11.1 Å². The minimum absolute atomic E-state index is 0.307. The fourth-order valence-electron chi connectivity index (χ4n) is 3.85. The number of fused-ring (bicyclic) bond motifs is 1. The Balaban J connectivity index is 1.71. The molecule has 1 aliphatic heterocycles. The van der Waals surface area contributed by atoms with E-state index < -0.39 is 12.0 Å². The SMILES string of the molecule is Cc1cccc(-n2ncc(C(=O)N3CCc4ccccc4C3C(=O)O)c2C)c1. The average molecular weight is 375 g/mol. The molecule has 1 aromatic heterocycles. The zero-order chi connectivity index (χ0) is 19.8. The summed E-state index contributed by atoms with van der Waals surface area (Å²) in [5.41, 5.74) is 4.74. The summed E-state index contributed by atoms with van der Waals surface area (Å²) in [6.45, 7) is 4.19. The van der Waals surface area contributed by atoms with Crippen LogP contribution in [0.15, 0.2) is 54.7 Å². The van der Waals surface area contributed by atoms with Crippen LogP contribution in [0, 0.1) is 13.8 Å². The molecule has 1 N–H and O–H groups in total. The molecular weight excluding hydrogens is 354 g/mol. The van der Waals surface area contributed by atoms with Crippen LogP contribution >= 0.6 is 0 Å². The molecule has 0 bridgehead atoms. The van der Waals surface area contributed by atoms with Crippen LogP contribution in [-0.4, -0.2) is 38.2 Å². The molecular formula is C22H21N3O3. The molecule has 2 aromatic carbocycles. The standard InChI is InChI=1S/C22H21N3O3/c1-14-6-5-8-17(12-14)25-15(2)19(13-23-25)21(26)24-11-10-16-7-3-4-9-18(16)20(24)22(27)28/h3-9,12-13,20H,10-11H2,1-2H3,(H,27,28). The maximum atomic E-state index is 13.3. The number of aromatic nitrogens is 2. The van der Waals surface area contributed by atoms with Gasteiger partial charge in [-0.05, 0) is 49.1 Å². The number of aliphatic carboxylic acids is 1. The molecule has 6 nitrogen and oxygen atoms in total. The molecule has 1 aliphatic rings. The quantitative estimate of drug-likeness (QED) is 0.762. The first kappa shape index (κ1) is 18.0. The van der Waals surface area contributed by atoms with E-state index in [1.807, 2.05) is 56.3 Å². The number of amides is 1. The number of aryl methyl sites for hydroxylation is 1. The lowest BCUT2D eigenvalue weighted by Crippen LogP contribution is -2.43. The molecule has 0 saturated heterocycles. The minimum atomic E-state index is -1.02. The van der Waals surface area contributed by atoms with Crippen molar-refractivity contribution in [1.29, 1.82) is 0 Å². The lowest BCUT2D eigenvalue weighted by molar-refractivity contribution is -0.143. The molecule has 0 radical (unpaired) electrons. The first-order valence-electron chi connectivity index (χ1n) is 9.20. The van der Waals surface area contributed by atoms with E-state index in [1.54, 1.807) is 10.7 Å². The van der Waals surface area contributed by atoms with Crippen LogP contribution < -0.4 is 0 Å². The Morgan fingerprint density at radius 3 is 2.64 bits per heavy atom. The van der Waals surface area contributed by atoms with Gasteiger partial charge in [0.2, 0.25) is 0 Å². The second-order valence-corrected chi connectivity index (χ2v) is 7.08. The highest BCUT2D eigenvalue weighted by Crippen LogP contribution is 2.31. The molecule has 4 rings (SSSR count). The predicted octanol–water partition coefficient (Wildman–Crippen LogP) is 3.31. The highest BCUT2D eigenvalue weighted by Gasteiger charge is 2.37. The summed E-state index contributed by atoms with van der Waals surface area (Å²) in [6, 6.07) is 14.3. The Hall–Kier alpha value is -3.41.